The minimum atomic E-state index is -0.497. The van der Waals surface area contributed by atoms with Gasteiger partial charge in [-0.2, -0.15) is 0 Å². The largest absolute Gasteiger partial charge is 0.474 e. The number of ether oxygens (including phenoxy) is 1. The quantitative estimate of drug-likeness (QED) is 0.553. The fourth-order valence-electron chi connectivity index (χ4n) is 7.46. The maximum atomic E-state index is 13.4. The number of aromatic nitrogens is 1. The molecule has 5 saturated carbocycles. The molecule has 2 unspecified atom stereocenters. The van der Waals surface area contributed by atoms with Gasteiger partial charge in [0, 0.05) is 11.3 Å². The molecule has 5 aliphatic carbocycles. The van der Waals surface area contributed by atoms with Gasteiger partial charge >= 0.3 is 0 Å². The Morgan fingerprint density at radius 1 is 1.15 bits per heavy atom. The third-order valence-corrected chi connectivity index (χ3v) is 10.3. The first-order chi connectivity index (χ1) is 16.1. The van der Waals surface area contributed by atoms with Crippen LogP contribution < -0.4 is 15.4 Å². The van der Waals surface area contributed by atoms with E-state index in [0.717, 1.165) is 75.8 Å². The Bertz CT molecular complexity index is 848. The monoisotopic (exact) mass is 475 g/mol. The lowest BCUT2D eigenvalue weighted by Gasteiger charge is -2.58. The molecule has 4 bridgehead atoms. The van der Waals surface area contributed by atoms with Crippen LogP contribution in [0.5, 0.6) is 5.88 Å². The summed E-state index contributed by atoms with van der Waals surface area (Å²) in [5.74, 6) is 2.53. The van der Waals surface area contributed by atoms with Crippen LogP contribution in [0.25, 0.3) is 0 Å². The molecule has 7 rings (SSSR count). The summed E-state index contributed by atoms with van der Waals surface area (Å²) in [7, 11) is 0. The molecule has 2 heterocycles. The lowest BCUT2D eigenvalue weighted by molar-refractivity contribution is -0.137. The molecule has 2 atom stereocenters. The molecule has 1 saturated heterocycles. The highest BCUT2D eigenvalue weighted by atomic mass is 32.2. The normalized spacial score (nSPS) is 36.4. The Balaban J connectivity index is 1.17. The topological polar surface area (TPSA) is 96.6 Å². The molecule has 1 amide bonds. The van der Waals surface area contributed by atoms with Gasteiger partial charge < -0.3 is 25.0 Å². The Labute approximate surface area is 200 Å². The van der Waals surface area contributed by atoms with E-state index in [1.54, 1.807) is 11.8 Å². The molecule has 6 fully saturated rings. The van der Waals surface area contributed by atoms with Gasteiger partial charge in [-0.25, -0.2) is 0 Å². The number of carbonyl (C=O) groups is 1. The van der Waals surface area contributed by atoms with Crippen molar-refractivity contribution in [2.75, 3.05) is 19.7 Å². The molecule has 1 aliphatic heterocycles. The van der Waals surface area contributed by atoms with Crippen molar-refractivity contribution in [1.29, 1.82) is 0 Å². The molecule has 0 radical (unpaired) electrons. The summed E-state index contributed by atoms with van der Waals surface area (Å²) in [6.45, 7) is 2.69. The second-order valence-corrected chi connectivity index (χ2v) is 12.7. The SMILES string of the molecule is O=C(NC1C2CC3CC1CC(O)(C3)C2)c1onc(OCC2CCNCC2)c1SC1CCCC1. The second kappa shape index (κ2) is 9.08. The number of nitrogens with one attached hydrogen (secondary N) is 2. The van der Waals surface area contributed by atoms with Crippen LogP contribution in [0.3, 0.4) is 0 Å². The second-order valence-electron chi connectivity index (χ2n) is 11.4. The zero-order valence-electron chi connectivity index (χ0n) is 19.4. The molecule has 1 aromatic heterocycles. The number of amides is 1. The zero-order valence-corrected chi connectivity index (χ0v) is 20.2. The van der Waals surface area contributed by atoms with E-state index in [0.29, 0.717) is 47.2 Å². The van der Waals surface area contributed by atoms with Gasteiger partial charge in [0.25, 0.3) is 11.8 Å². The number of carbonyl (C=O) groups excluding carboxylic acids is 1. The first-order valence-corrected chi connectivity index (χ1v) is 14.0. The number of aliphatic hydroxyl groups is 1. The number of piperidine rings is 1. The van der Waals surface area contributed by atoms with Crippen LogP contribution in [-0.2, 0) is 0 Å². The highest BCUT2D eigenvalue weighted by molar-refractivity contribution is 8.00. The standard InChI is InChI=1S/C25H37N3O4S/c29-23(27-20-17-9-16-10-18(20)13-25(30,11-16)12-17)21-22(33-19-3-1-2-4-19)24(28-32-21)31-14-15-5-7-26-8-6-15/h15-20,26,30H,1-14H2,(H,27,29). The van der Waals surface area contributed by atoms with E-state index in [2.05, 4.69) is 15.8 Å². The summed E-state index contributed by atoms with van der Waals surface area (Å²) in [5, 5.41) is 22.3. The summed E-state index contributed by atoms with van der Waals surface area (Å²) in [4.78, 5) is 14.2. The van der Waals surface area contributed by atoms with Crippen LogP contribution in [0.15, 0.2) is 9.42 Å². The lowest BCUT2D eigenvalue weighted by Crippen LogP contribution is -2.61. The molecule has 8 heteroatoms. The van der Waals surface area contributed by atoms with Crippen LogP contribution in [0.4, 0.5) is 0 Å². The Morgan fingerprint density at radius 2 is 1.88 bits per heavy atom. The molecular weight excluding hydrogens is 438 g/mol. The molecule has 1 aromatic rings. The van der Waals surface area contributed by atoms with Crippen LogP contribution in [0, 0.1) is 23.7 Å². The van der Waals surface area contributed by atoms with E-state index >= 15 is 0 Å². The Hall–Kier alpha value is -1.25. The number of hydrogen-bond donors (Lipinski definition) is 3. The van der Waals surface area contributed by atoms with E-state index in [-0.39, 0.29) is 11.9 Å². The van der Waals surface area contributed by atoms with Crippen LogP contribution in [0.1, 0.15) is 81.2 Å². The predicted octanol–water partition coefficient (Wildman–Crippen LogP) is 3.76. The van der Waals surface area contributed by atoms with Gasteiger partial charge in [0.1, 0.15) is 4.90 Å². The van der Waals surface area contributed by atoms with Crippen molar-refractivity contribution in [2.45, 2.75) is 92.4 Å². The average molecular weight is 476 g/mol. The molecule has 0 spiro atoms. The summed E-state index contributed by atoms with van der Waals surface area (Å²) < 4.78 is 11.8. The van der Waals surface area contributed by atoms with Gasteiger partial charge in [-0.15, -0.1) is 11.8 Å². The van der Waals surface area contributed by atoms with Gasteiger partial charge in [0.05, 0.1) is 12.2 Å². The third kappa shape index (κ3) is 4.55. The van der Waals surface area contributed by atoms with Crippen molar-refractivity contribution in [2.24, 2.45) is 23.7 Å². The van der Waals surface area contributed by atoms with Crippen molar-refractivity contribution in [3.63, 3.8) is 0 Å². The van der Waals surface area contributed by atoms with Gasteiger partial charge in [-0.3, -0.25) is 4.79 Å². The van der Waals surface area contributed by atoms with Gasteiger partial charge in [0.2, 0.25) is 5.76 Å². The molecule has 6 aliphatic rings. The number of rotatable bonds is 7. The highest BCUT2D eigenvalue weighted by Crippen LogP contribution is 2.55. The van der Waals surface area contributed by atoms with E-state index < -0.39 is 5.60 Å². The zero-order chi connectivity index (χ0) is 22.4. The van der Waals surface area contributed by atoms with Gasteiger partial charge in [-0.05, 0) is 99.7 Å². The van der Waals surface area contributed by atoms with E-state index in [1.807, 2.05) is 0 Å². The maximum absolute atomic E-state index is 13.4. The Morgan fingerprint density at radius 3 is 2.58 bits per heavy atom. The predicted molar refractivity (Wildman–Crippen MR) is 125 cm³/mol. The average Bonchev–Trinajstić information content (AvgIpc) is 3.45. The first-order valence-electron chi connectivity index (χ1n) is 13.1. The van der Waals surface area contributed by atoms with Crippen LogP contribution in [-0.4, -0.2) is 52.8 Å². The summed E-state index contributed by atoms with van der Waals surface area (Å²) in [5.41, 5.74) is -0.497. The lowest BCUT2D eigenvalue weighted by atomic mass is 9.52. The smallest absolute Gasteiger partial charge is 0.291 e. The van der Waals surface area contributed by atoms with Crippen molar-refractivity contribution in [3.05, 3.63) is 5.76 Å². The van der Waals surface area contributed by atoms with Crippen molar-refractivity contribution >= 4 is 17.7 Å². The molecule has 7 nitrogen and oxygen atoms in total. The molecule has 0 aromatic carbocycles. The third-order valence-electron chi connectivity index (χ3n) is 8.87. The van der Waals surface area contributed by atoms with Gasteiger partial charge in [-0.1, -0.05) is 12.8 Å². The summed E-state index contributed by atoms with van der Waals surface area (Å²) in [6.07, 6.45) is 11.8. The minimum absolute atomic E-state index is 0.128. The fraction of sp³-hybridized carbons (Fsp3) is 0.840. The molecule has 182 valence electrons. The van der Waals surface area contributed by atoms with Crippen molar-refractivity contribution in [3.8, 4) is 5.88 Å². The van der Waals surface area contributed by atoms with Gasteiger partial charge in [0.15, 0.2) is 0 Å². The van der Waals surface area contributed by atoms with E-state index in [1.165, 1.54) is 12.8 Å². The fourth-order valence-corrected chi connectivity index (χ4v) is 8.80. The van der Waals surface area contributed by atoms with Crippen LogP contribution in [0.2, 0.25) is 0 Å². The molecule has 33 heavy (non-hydrogen) atoms. The number of thioether (sulfide) groups is 1. The Kier molecular flexibility index (Phi) is 6.12. The van der Waals surface area contributed by atoms with E-state index in [9.17, 15) is 9.90 Å². The summed E-state index contributed by atoms with van der Waals surface area (Å²) in [6, 6.07) is 0.128. The van der Waals surface area contributed by atoms with Crippen molar-refractivity contribution < 1.29 is 19.2 Å². The van der Waals surface area contributed by atoms with Crippen LogP contribution >= 0.6 is 11.8 Å². The maximum Gasteiger partial charge on any atom is 0.291 e. The number of nitrogens with zero attached hydrogens (tertiary/aromatic N) is 1. The van der Waals surface area contributed by atoms with Crippen molar-refractivity contribution in [1.82, 2.24) is 15.8 Å². The molecular formula is C25H37N3O4S. The highest BCUT2D eigenvalue weighted by Gasteiger charge is 2.55. The molecule has 3 N–H and O–H groups in total. The first kappa shape index (κ1) is 22.2. The summed E-state index contributed by atoms with van der Waals surface area (Å²) >= 11 is 1.72. The number of hydrogen-bond acceptors (Lipinski definition) is 7. The minimum Gasteiger partial charge on any atom is -0.474 e. The van der Waals surface area contributed by atoms with E-state index in [4.69, 9.17) is 9.26 Å².